The summed E-state index contributed by atoms with van der Waals surface area (Å²) in [6.07, 6.45) is 1.76. The molecule has 6 heteroatoms. The Balaban J connectivity index is 1.46. The summed E-state index contributed by atoms with van der Waals surface area (Å²) in [6.45, 7) is 2.27. The van der Waals surface area contributed by atoms with E-state index in [9.17, 15) is 14.0 Å². The maximum atomic E-state index is 13.6. The molecule has 0 aliphatic heterocycles. The van der Waals surface area contributed by atoms with Gasteiger partial charge in [-0.3, -0.25) is 9.59 Å². The van der Waals surface area contributed by atoms with Gasteiger partial charge in [-0.15, -0.1) is 0 Å². The quantitative estimate of drug-likeness (QED) is 0.544. The van der Waals surface area contributed by atoms with Crippen molar-refractivity contribution in [3.63, 3.8) is 0 Å². The summed E-state index contributed by atoms with van der Waals surface area (Å²) in [5.74, 6) is -0.0184. The topological polar surface area (TPSA) is 71.1 Å². The van der Waals surface area contributed by atoms with Crippen LogP contribution in [0, 0.1) is 12.7 Å². The number of carbonyl (C=O) groups is 2. The summed E-state index contributed by atoms with van der Waals surface area (Å²) in [4.78, 5) is 28.4. The van der Waals surface area contributed by atoms with E-state index in [1.165, 1.54) is 12.3 Å². The lowest BCUT2D eigenvalue weighted by Gasteiger charge is -2.08. The zero-order valence-corrected chi connectivity index (χ0v) is 16.1. The van der Waals surface area contributed by atoms with E-state index in [-0.39, 0.29) is 30.3 Å². The molecule has 2 N–H and O–H groups in total. The molecule has 0 saturated carbocycles. The SMILES string of the molecule is Cc1ccc(C(=O)CCC(=O)Nc2ccc(NCc3ccccc3F)nc2)cc1. The van der Waals surface area contributed by atoms with E-state index in [2.05, 4.69) is 15.6 Å². The van der Waals surface area contributed by atoms with E-state index in [1.807, 2.05) is 19.1 Å². The number of Topliss-reactive ketones (excluding diaryl/α,β-unsaturated/α-hetero) is 1. The number of aryl methyl sites for hydroxylation is 1. The van der Waals surface area contributed by atoms with Crippen molar-refractivity contribution in [3.8, 4) is 0 Å². The van der Waals surface area contributed by atoms with Crippen LogP contribution < -0.4 is 10.6 Å². The van der Waals surface area contributed by atoms with Crippen LogP contribution in [0.2, 0.25) is 0 Å². The Bertz CT molecular complexity index is 986. The number of nitrogens with zero attached hydrogens (tertiary/aromatic N) is 1. The first kappa shape index (κ1) is 20.2. The van der Waals surface area contributed by atoms with Gasteiger partial charge in [0.05, 0.1) is 11.9 Å². The number of hydrogen-bond donors (Lipinski definition) is 2. The highest BCUT2D eigenvalue weighted by Gasteiger charge is 2.10. The molecule has 2 aromatic carbocycles. The predicted octanol–water partition coefficient (Wildman–Crippen LogP) is 4.74. The first-order valence-corrected chi connectivity index (χ1v) is 9.34. The lowest BCUT2D eigenvalue weighted by atomic mass is 10.0. The van der Waals surface area contributed by atoms with E-state index >= 15 is 0 Å². The van der Waals surface area contributed by atoms with Gasteiger partial charge in [0, 0.05) is 30.5 Å². The number of anilines is 2. The maximum Gasteiger partial charge on any atom is 0.224 e. The highest BCUT2D eigenvalue weighted by molar-refractivity contribution is 6.00. The van der Waals surface area contributed by atoms with Gasteiger partial charge in [0.25, 0.3) is 0 Å². The molecule has 1 heterocycles. The van der Waals surface area contributed by atoms with Crippen molar-refractivity contribution in [2.24, 2.45) is 0 Å². The fraction of sp³-hybridized carbons (Fsp3) is 0.174. The molecule has 0 aliphatic carbocycles. The van der Waals surface area contributed by atoms with Crippen LogP contribution in [-0.2, 0) is 11.3 Å². The van der Waals surface area contributed by atoms with Crippen LogP contribution in [0.5, 0.6) is 0 Å². The molecule has 0 bridgehead atoms. The third-order valence-electron chi connectivity index (χ3n) is 4.42. The second-order valence-corrected chi connectivity index (χ2v) is 6.71. The van der Waals surface area contributed by atoms with Crippen LogP contribution in [0.15, 0.2) is 66.9 Å². The average molecular weight is 391 g/mol. The predicted molar refractivity (Wildman–Crippen MR) is 111 cm³/mol. The molecule has 148 valence electrons. The minimum atomic E-state index is -0.274. The van der Waals surface area contributed by atoms with Crippen molar-refractivity contribution >= 4 is 23.2 Å². The van der Waals surface area contributed by atoms with Crippen LogP contribution in [0.1, 0.15) is 34.3 Å². The van der Waals surface area contributed by atoms with Crippen LogP contribution in [0.4, 0.5) is 15.9 Å². The van der Waals surface area contributed by atoms with Crippen molar-refractivity contribution in [2.75, 3.05) is 10.6 Å². The molecule has 0 aliphatic rings. The number of rotatable bonds is 8. The van der Waals surface area contributed by atoms with Gasteiger partial charge in [-0.05, 0) is 25.1 Å². The second-order valence-electron chi connectivity index (χ2n) is 6.71. The lowest BCUT2D eigenvalue weighted by molar-refractivity contribution is -0.116. The van der Waals surface area contributed by atoms with Gasteiger partial charge in [-0.25, -0.2) is 9.37 Å². The van der Waals surface area contributed by atoms with E-state index in [4.69, 9.17) is 0 Å². The smallest absolute Gasteiger partial charge is 0.224 e. The van der Waals surface area contributed by atoms with Crippen molar-refractivity contribution in [2.45, 2.75) is 26.3 Å². The Hall–Kier alpha value is -3.54. The number of aromatic nitrogens is 1. The second kappa shape index (κ2) is 9.59. The summed E-state index contributed by atoms with van der Waals surface area (Å²) >= 11 is 0. The number of carbonyl (C=O) groups excluding carboxylic acids is 2. The summed E-state index contributed by atoms with van der Waals surface area (Å²) < 4.78 is 13.6. The summed E-state index contributed by atoms with van der Waals surface area (Å²) in [7, 11) is 0. The zero-order valence-electron chi connectivity index (χ0n) is 16.1. The highest BCUT2D eigenvalue weighted by atomic mass is 19.1. The Morgan fingerprint density at radius 3 is 2.41 bits per heavy atom. The van der Waals surface area contributed by atoms with Gasteiger partial charge in [0.1, 0.15) is 11.6 Å². The number of hydrogen-bond acceptors (Lipinski definition) is 4. The van der Waals surface area contributed by atoms with Crippen molar-refractivity contribution in [1.82, 2.24) is 4.98 Å². The van der Waals surface area contributed by atoms with Gasteiger partial charge >= 0.3 is 0 Å². The Labute approximate surface area is 169 Å². The van der Waals surface area contributed by atoms with Crippen LogP contribution >= 0.6 is 0 Å². The molecule has 0 atom stereocenters. The maximum absolute atomic E-state index is 13.6. The fourth-order valence-corrected chi connectivity index (χ4v) is 2.73. The molecule has 1 amide bonds. The minimum absolute atomic E-state index is 0.0639. The number of benzene rings is 2. The van der Waals surface area contributed by atoms with E-state index in [1.54, 1.807) is 42.5 Å². The normalized spacial score (nSPS) is 10.4. The largest absolute Gasteiger partial charge is 0.366 e. The number of nitrogens with one attached hydrogen (secondary N) is 2. The van der Waals surface area contributed by atoms with Gasteiger partial charge in [0.15, 0.2) is 5.78 Å². The molecular weight excluding hydrogens is 369 g/mol. The molecule has 0 fully saturated rings. The first-order chi connectivity index (χ1) is 14.0. The fourth-order valence-electron chi connectivity index (χ4n) is 2.73. The lowest BCUT2D eigenvalue weighted by Crippen LogP contribution is -2.14. The summed E-state index contributed by atoms with van der Waals surface area (Å²) in [5.41, 5.74) is 2.77. The third-order valence-corrected chi connectivity index (χ3v) is 4.42. The number of pyridine rings is 1. The third kappa shape index (κ3) is 5.97. The molecule has 0 radical (unpaired) electrons. The molecule has 29 heavy (non-hydrogen) atoms. The zero-order chi connectivity index (χ0) is 20.6. The number of halogens is 1. The molecule has 0 spiro atoms. The minimum Gasteiger partial charge on any atom is -0.366 e. The van der Waals surface area contributed by atoms with Gasteiger partial charge in [0.2, 0.25) is 5.91 Å². The number of amides is 1. The van der Waals surface area contributed by atoms with Crippen molar-refractivity contribution < 1.29 is 14.0 Å². The van der Waals surface area contributed by atoms with E-state index < -0.39 is 0 Å². The van der Waals surface area contributed by atoms with Gasteiger partial charge < -0.3 is 10.6 Å². The molecule has 3 rings (SSSR count). The number of ketones is 1. The Kier molecular flexibility index (Phi) is 6.68. The van der Waals surface area contributed by atoms with Crippen molar-refractivity contribution in [1.29, 1.82) is 0 Å². The molecule has 0 saturated heterocycles. The van der Waals surface area contributed by atoms with E-state index in [0.29, 0.717) is 29.2 Å². The van der Waals surface area contributed by atoms with Crippen LogP contribution in [-0.4, -0.2) is 16.7 Å². The van der Waals surface area contributed by atoms with E-state index in [0.717, 1.165) is 5.56 Å². The molecule has 1 aromatic heterocycles. The first-order valence-electron chi connectivity index (χ1n) is 9.34. The Morgan fingerprint density at radius 1 is 0.966 bits per heavy atom. The average Bonchev–Trinajstić information content (AvgIpc) is 2.73. The summed E-state index contributed by atoms with van der Waals surface area (Å²) in [6, 6.07) is 17.2. The molecule has 0 unspecified atom stereocenters. The molecule has 5 nitrogen and oxygen atoms in total. The van der Waals surface area contributed by atoms with Crippen molar-refractivity contribution in [3.05, 3.63) is 89.4 Å². The van der Waals surface area contributed by atoms with Gasteiger partial charge in [-0.2, -0.15) is 0 Å². The molecule has 3 aromatic rings. The van der Waals surface area contributed by atoms with Crippen LogP contribution in [0.25, 0.3) is 0 Å². The summed E-state index contributed by atoms with van der Waals surface area (Å²) in [5, 5.41) is 5.76. The Morgan fingerprint density at radius 2 is 1.72 bits per heavy atom. The van der Waals surface area contributed by atoms with Crippen LogP contribution in [0.3, 0.4) is 0 Å². The monoisotopic (exact) mass is 391 g/mol. The standard InChI is InChI=1S/C23H22FN3O2/c1-16-6-8-17(9-7-16)21(28)11-13-23(29)27-19-10-12-22(26-15-19)25-14-18-4-2-3-5-20(18)24/h2-10,12,15H,11,13-14H2,1H3,(H,25,26)(H,27,29). The molecular formula is C23H22FN3O2. The highest BCUT2D eigenvalue weighted by Crippen LogP contribution is 2.14. The van der Waals surface area contributed by atoms with Gasteiger partial charge in [-0.1, -0.05) is 48.0 Å².